The first-order chi connectivity index (χ1) is 17.4. The summed E-state index contributed by atoms with van der Waals surface area (Å²) in [7, 11) is 0. The number of ketones is 1. The number of halogens is 1. The number of rotatable bonds is 6. The van der Waals surface area contributed by atoms with Crippen LogP contribution >= 0.6 is 23.1 Å². The summed E-state index contributed by atoms with van der Waals surface area (Å²) >= 11 is 2.47. The molecule has 0 spiro atoms. The minimum atomic E-state index is -1.03. The normalized spacial score (nSPS) is 17.0. The summed E-state index contributed by atoms with van der Waals surface area (Å²) in [6, 6.07) is 14.2. The number of hydrogen-bond acceptors (Lipinski definition) is 9. The predicted molar refractivity (Wildman–Crippen MR) is 133 cm³/mol. The quantitative estimate of drug-likeness (QED) is 0.124. The number of aliphatic hydroxyl groups is 1. The molecular formula is C25H17FN4O4S2. The van der Waals surface area contributed by atoms with E-state index in [0.29, 0.717) is 21.2 Å². The highest BCUT2D eigenvalue weighted by Crippen LogP contribution is 2.44. The van der Waals surface area contributed by atoms with Crippen molar-refractivity contribution in [2.45, 2.75) is 16.1 Å². The Hall–Kier alpha value is -4.09. The van der Waals surface area contributed by atoms with Gasteiger partial charge in [0.05, 0.1) is 11.6 Å². The molecule has 1 aliphatic heterocycles. The van der Waals surface area contributed by atoms with Gasteiger partial charge in [0.15, 0.2) is 4.34 Å². The van der Waals surface area contributed by atoms with Crippen LogP contribution < -0.4 is 4.90 Å². The molecule has 3 heterocycles. The number of benzene rings is 2. The molecule has 11 heteroatoms. The number of amides is 1. The van der Waals surface area contributed by atoms with Crippen LogP contribution in [-0.4, -0.2) is 37.1 Å². The number of carbonyl (C=O) groups excluding carboxylic acids is 2. The predicted octanol–water partition coefficient (Wildman–Crippen LogP) is 4.70. The minimum absolute atomic E-state index is 0.0604. The molecular weight excluding hydrogens is 503 g/mol. The zero-order valence-electron chi connectivity index (χ0n) is 18.4. The third kappa shape index (κ3) is 4.58. The summed E-state index contributed by atoms with van der Waals surface area (Å²) in [5, 5.41) is 29.6. The number of aromatic nitrogens is 3. The van der Waals surface area contributed by atoms with Gasteiger partial charge in [0.1, 0.15) is 17.3 Å². The van der Waals surface area contributed by atoms with E-state index in [1.807, 2.05) is 0 Å². The number of phenols is 1. The summed E-state index contributed by atoms with van der Waals surface area (Å²) in [4.78, 5) is 31.4. The van der Waals surface area contributed by atoms with Gasteiger partial charge in [0, 0.05) is 23.7 Å². The molecule has 0 aliphatic carbocycles. The number of Topliss-reactive ketones (excluding diaryl/α,β-unsaturated/α-hetero) is 1. The Bertz CT molecular complexity index is 1470. The van der Waals surface area contributed by atoms with Crippen LogP contribution in [0.2, 0.25) is 0 Å². The molecule has 2 aromatic heterocycles. The van der Waals surface area contributed by atoms with Crippen LogP contribution in [0.3, 0.4) is 0 Å². The van der Waals surface area contributed by atoms with Crippen molar-refractivity contribution in [1.82, 2.24) is 15.2 Å². The number of thioether (sulfide) groups is 1. The number of nitrogens with zero attached hydrogens (tertiary/aromatic N) is 4. The van der Waals surface area contributed by atoms with E-state index < -0.39 is 17.7 Å². The van der Waals surface area contributed by atoms with E-state index in [1.165, 1.54) is 65.5 Å². The summed E-state index contributed by atoms with van der Waals surface area (Å²) in [5.74, 6) is -1.99. The molecule has 1 amide bonds. The molecule has 8 nitrogen and oxygen atoms in total. The van der Waals surface area contributed by atoms with E-state index in [4.69, 9.17) is 0 Å². The van der Waals surface area contributed by atoms with Gasteiger partial charge < -0.3 is 10.2 Å². The largest absolute Gasteiger partial charge is 0.508 e. The van der Waals surface area contributed by atoms with Crippen LogP contribution in [0.15, 0.2) is 83.0 Å². The summed E-state index contributed by atoms with van der Waals surface area (Å²) in [6.07, 6.45) is 2.92. The Morgan fingerprint density at radius 1 is 1.06 bits per heavy atom. The van der Waals surface area contributed by atoms with Gasteiger partial charge >= 0.3 is 5.91 Å². The van der Waals surface area contributed by atoms with Crippen LogP contribution in [0.5, 0.6) is 5.75 Å². The lowest BCUT2D eigenvalue weighted by atomic mass is 9.95. The van der Waals surface area contributed by atoms with Crippen molar-refractivity contribution < 1.29 is 24.2 Å². The van der Waals surface area contributed by atoms with Crippen molar-refractivity contribution >= 4 is 45.7 Å². The smallest absolute Gasteiger partial charge is 0.301 e. The lowest BCUT2D eigenvalue weighted by Crippen LogP contribution is -2.29. The number of carbonyl (C=O) groups is 2. The maximum atomic E-state index is 13.2. The van der Waals surface area contributed by atoms with Crippen LogP contribution in [0.25, 0.3) is 5.76 Å². The molecule has 0 radical (unpaired) electrons. The topological polar surface area (TPSA) is 117 Å². The molecule has 5 rings (SSSR count). The molecule has 0 saturated carbocycles. The average molecular weight is 521 g/mol. The van der Waals surface area contributed by atoms with Crippen molar-refractivity contribution in [1.29, 1.82) is 0 Å². The standard InChI is InChI=1S/C25H17FN4O4S2/c26-17-6-4-14(5-7-17)13-35-25-29-28-24(36-25)30-20(16-2-1-3-18(31)12-16)19(22(33)23(30)34)21(32)15-8-10-27-11-9-15/h1-12,20,31-32H,13H2. The number of aliphatic hydroxyl groups excluding tert-OH is 1. The number of pyridine rings is 1. The fourth-order valence-corrected chi connectivity index (χ4v) is 5.61. The van der Waals surface area contributed by atoms with Crippen molar-refractivity contribution in [3.63, 3.8) is 0 Å². The maximum Gasteiger partial charge on any atom is 0.301 e. The highest BCUT2D eigenvalue weighted by Gasteiger charge is 2.48. The second-order valence-corrected chi connectivity index (χ2v) is 9.94. The summed E-state index contributed by atoms with van der Waals surface area (Å²) in [6.45, 7) is 0. The Kier molecular flexibility index (Phi) is 6.49. The van der Waals surface area contributed by atoms with Gasteiger partial charge in [-0.2, -0.15) is 0 Å². The molecule has 1 fully saturated rings. The van der Waals surface area contributed by atoms with Crippen molar-refractivity contribution in [2.24, 2.45) is 0 Å². The van der Waals surface area contributed by atoms with Crippen LogP contribution in [-0.2, 0) is 15.3 Å². The molecule has 36 heavy (non-hydrogen) atoms. The van der Waals surface area contributed by atoms with E-state index in [9.17, 15) is 24.2 Å². The Morgan fingerprint density at radius 2 is 1.81 bits per heavy atom. The second-order valence-electron chi connectivity index (χ2n) is 7.77. The highest BCUT2D eigenvalue weighted by molar-refractivity contribution is 8.00. The molecule has 1 saturated heterocycles. The molecule has 2 N–H and O–H groups in total. The zero-order chi connectivity index (χ0) is 25.2. The SMILES string of the molecule is O=C1C(=O)N(c2nnc(SCc3ccc(F)cc3)s2)C(c2cccc(O)c2)C1=C(O)c1ccncc1. The molecule has 1 atom stereocenters. The van der Waals surface area contributed by atoms with E-state index in [1.54, 1.807) is 24.3 Å². The lowest BCUT2D eigenvalue weighted by molar-refractivity contribution is -0.132. The molecule has 4 aromatic rings. The van der Waals surface area contributed by atoms with Crippen molar-refractivity contribution in [3.8, 4) is 5.75 Å². The van der Waals surface area contributed by atoms with Gasteiger partial charge in [0.2, 0.25) is 5.13 Å². The Morgan fingerprint density at radius 3 is 2.53 bits per heavy atom. The second kappa shape index (κ2) is 9.88. The van der Waals surface area contributed by atoms with Gasteiger partial charge in [-0.3, -0.25) is 19.5 Å². The average Bonchev–Trinajstić information content (AvgIpc) is 3.46. The van der Waals surface area contributed by atoms with Crippen molar-refractivity contribution in [2.75, 3.05) is 4.90 Å². The van der Waals surface area contributed by atoms with E-state index in [2.05, 4.69) is 15.2 Å². The molecule has 180 valence electrons. The van der Waals surface area contributed by atoms with E-state index in [0.717, 1.165) is 16.9 Å². The van der Waals surface area contributed by atoms with Crippen LogP contribution in [0.4, 0.5) is 9.52 Å². The Labute approximate surface area is 212 Å². The lowest BCUT2D eigenvalue weighted by Gasteiger charge is -2.22. The van der Waals surface area contributed by atoms with E-state index >= 15 is 0 Å². The fraction of sp³-hybridized carbons (Fsp3) is 0.0800. The summed E-state index contributed by atoms with van der Waals surface area (Å²) < 4.78 is 13.7. The van der Waals surface area contributed by atoms with Gasteiger partial charge in [-0.1, -0.05) is 47.4 Å². The monoisotopic (exact) mass is 520 g/mol. The third-order valence-electron chi connectivity index (χ3n) is 5.46. The molecule has 1 unspecified atom stereocenters. The molecule has 0 bridgehead atoms. The van der Waals surface area contributed by atoms with E-state index in [-0.39, 0.29) is 28.0 Å². The zero-order valence-corrected chi connectivity index (χ0v) is 20.0. The van der Waals surface area contributed by atoms with Gasteiger partial charge in [0.25, 0.3) is 5.78 Å². The number of anilines is 1. The molecule has 1 aliphatic rings. The minimum Gasteiger partial charge on any atom is -0.508 e. The first-order valence-corrected chi connectivity index (χ1v) is 12.4. The number of phenolic OH excluding ortho intramolecular Hbond substituents is 1. The van der Waals surface area contributed by atoms with Crippen molar-refractivity contribution in [3.05, 3.63) is 101 Å². The number of hydrogen-bond donors (Lipinski definition) is 2. The van der Waals surface area contributed by atoms with Gasteiger partial charge in [-0.25, -0.2) is 4.39 Å². The van der Waals surface area contributed by atoms with Crippen LogP contribution in [0.1, 0.15) is 22.7 Å². The molecule has 2 aromatic carbocycles. The fourth-order valence-electron chi connectivity index (χ4n) is 3.79. The summed E-state index contributed by atoms with van der Waals surface area (Å²) in [5.41, 5.74) is 1.49. The van der Waals surface area contributed by atoms with Crippen LogP contribution in [0, 0.1) is 5.82 Å². The van der Waals surface area contributed by atoms with Gasteiger partial charge in [-0.05, 0) is 47.5 Å². The Balaban J connectivity index is 1.53. The third-order valence-corrected chi connectivity index (χ3v) is 7.59. The number of aromatic hydroxyl groups is 1. The highest BCUT2D eigenvalue weighted by atomic mass is 32.2. The maximum absolute atomic E-state index is 13.2. The first-order valence-electron chi connectivity index (χ1n) is 10.6. The first kappa shape index (κ1) is 23.6. The van der Waals surface area contributed by atoms with Gasteiger partial charge in [-0.15, -0.1) is 10.2 Å².